The van der Waals surface area contributed by atoms with Gasteiger partial charge in [0, 0.05) is 6.08 Å². The molecule has 0 aromatic rings. The molecule has 0 bridgehead atoms. The molecule has 5 unspecified atom stereocenters. The lowest BCUT2D eigenvalue weighted by atomic mass is 9.85. The summed E-state index contributed by atoms with van der Waals surface area (Å²) in [5, 5.41) is 0. The van der Waals surface area contributed by atoms with Crippen LogP contribution in [0.1, 0.15) is 66.2 Å². The second-order valence-corrected chi connectivity index (χ2v) is 6.88. The Kier molecular flexibility index (Phi) is 8.35. The molecule has 4 heteroatoms. The van der Waals surface area contributed by atoms with Crippen LogP contribution in [0.4, 0.5) is 0 Å². The summed E-state index contributed by atoms with van der Waals surface area (Å²) in [7, 11) is 0. The molecule has 0 aromatic carbocycles. The van der Waals surface area contributed by atoms with Crippen LogP contribution in [0.15, 0.2) is 12.7 Å². The molecule has 0 aliphatic heterocycles. The van der Waals surface area contributed by atoms with Crippen LogP contribution in [0.3, 0.4) is 0 Å². The van der Waals surface area contributed by atoms with Crippen LogP contribution < -0.4 is 0 Å². The summed E-state index contributed by atoms with van der Waals surface area (Å²) in [5.74, 6) is 0.298. The van der Waals surface area contributed by atoms with Gasteiger partial charge in [0.15, 0.2) is 0 Å². The van der Waals surface area contributed by atoms with Crippen LogP contribution in [0.5, 0.6) is 0 Å². The molecule has 1 aliphatic rings. The zero-order chi connectivity index (χ0) is 17.4. The molecule has 5 atom stereocenters. The molecular formula is C19H32O4. The Morgan fingerprint density at radius 3 is 2.43 bits per heavy atom. The Morgan fingerprint density at radius 1 is 1.22 bits per heavy atom. The number of hydrogen-bond donors (Lipinski definition) is 0. The van der Waals surface area contributed by atoms with E-state index in [0.717, 1.165) is 38.5 Å². The summed E-state index contributed by atoms with van der Waals surface area (Å²) in [6.07, 6.45) is 6.07. The summed E-state index contributed by atoms with van der Waals surface area (Å²) in [6, 6.07) is 0. The molecule has 0 radical (unpaired) electrons. The Labute approximate surface area is 140 Å². The number of ether oxygens (including phenoxy) is 2. The second-order valence-electron chi connectivity index (χ2n) is 6.88. The van der Waals surface area contributed by atoms with E-state index in [1.54, 1.807) is 0 Å². The molecule has 0 aromatic heterocycles. The molecule has 1 aliphatic carbocycles. The quantitative estimate of drug-likeness (QED) is 0.494. The van der Waals surface area contributed by atoms with Crippen LogP contribution in [0.25, 0.3) is 0 Å². The Balaban J connectivity index is 2.49. The summed E-state index contributed by atoms with van der Waals surface area (Å²) >= 11 is 0. The van der Waals surface area contributed by atoms with Gasteiger partial charge in [0.05, 0.1) is 5.92 Å². The van der Waals surface area contributed by atoms with Gasteiger partial charge in [-0.05, 0) is 43.9 Å². The molecule has 0 N–H and O–H groups in total. The fourth-order valence-corrected chi connectivity index (χ4v) is 3.14. The average Bonchev–Trinajstić information content (AvgIpc) is 2.54. The maximum absolute atomic E-state index is 12.4. The molecule has 0 saturated heterocycles. The zero-order valence-electron chi connectivity index (χ0n) is 15.0. The van der Waals surface area contributed by atoms with Crippen LogP contribution in [0, 0.1) is 17.8 Å². The Morgan fingerprint density at radius 2 is 1.91 bits per heavy atom. The van der Waals surface area contributed by atoms with Crippen molar-refractivity contribution in [1.29, 1.82) is 0 Å². The van der Waals surface area contributed by atoms with Crippen molar-refractivity contribution in [3.63, 3.8) is 0 Å². The van der Waals surface area contributed by atoms with Crippen LogP contribution >= 0.6 is 0 Å². The van der Waals surface area contributed by atoms with E-state index in [1.807, 2.05) is 6.92 Å². The third kappa shape index (κ3) is 6.36. The summed E-state index contributed by atoms with van der Waals surface area (Å²) in [6.45, 7) is 11.8. The topological polar surface area (TPSA) is 52.6 Å². The molecule has 1 fully saturated rings. The summed E-state index contributed by atoms with van der Waals surface area (Å²) in [4.78, 5) is 23.7. The van der Waals surface area contributed by atoms with Crippen molar-refractivity contribution in [1.82, 2.24) is 0 Å². The first-order valence-electron chi connectivity index (χ1n) is 8.94. The lowest BCUT2D eigenvalue weighted by Crippen LogP contribution is -2.37. The van der Waals surface area contributed by atoms with Crippen molar-refractivity contribution < 1.29 is 19.1 Å². The maximum Gasteiger partial charge on any atom is 0.330 e. The molecule has 1 rings (SSSR count). The highest BCUT2D eigenvalue weighted by Crippen LogP contribution is 2.30. The van der Waals surface area contributed by atoms with E-state index in [-0.39, 0.29) is 36.0 Å². The lowest BCUT2D eigenvalue weighted by Gasteiger charge is -2.34. The minimum atomic E-state index is -0.378. The van der Waals surface area contributed by atoms with E-state index < -0.39 is 0 Å². The predicted molar refractivity (Wildman–Crippen MR) is 90.8 cm³/mol. The first-order chi connectivity index (χ1) is 10.9. The third-order valence-corrected chi connectivity index (χ3v) is 4.97. The number of carbonyl (C=O) groups excluding carboxylic acids is 2. The van der Waals surface area contributed by atoms with E-state index in [4.69, 9.17) is 9.47 Å². The van der Waals surface area contributed by atoms with Gasteiger partial charge in [-0.3, -0.25) is 4.79 Å². The predicted octanol–water partition coefficient (Wildman–Crippen LogP) is 4.28. The minimum Gasteiger partial charge on any atom is -0.462 e. The summed E-state index contributed by atoms with van der Waals surface area (Å²) < 4.78 is 11.1. The fraction of sp³-hybridized carbons (Fsp3) is 0.789. The zero-order valence-corrected chi connectivity index (χ0v) is 15.0. The van der Waals surface area contributed by atoms with Crippen molar-refractivity contribution in [3.8, 4) is 0 Å². The standard InChI is InChI=1S/C19H32O4/c1-6-13(4)11-15(7-2)19(21)23-17-10-9-16(12-14(17)5)22-18(20)8-3/h8,13-17H,3,6-7,9-12H2,1-2,4-5H3. The van der Waals surface area contributed by atoms with Crippen molar-refractivity contribution in [2.75, 3.05) is 0 Å². The van der Waals surface area contributed by atoms with Gasteiger partial charge in [-0.1, -0.05) is 40.7 Å². The third-order valence-electron chi connectivity index (χ3n) is 4.97. The Hall–Kier alpha value is -1.32. The second kappa shape index (κ2) is 9.74. The monoisotopic (exact) mass is 324 g/mol. The number of carbonyl (C=O) groups is 2. The minimum absolute atomic E-state index is 0.00605. The molecule has 0 spiro atoms. The Bertz CT molecular complexity index is 404. The largest absolute Gasteiger partial charge is 0.462 e. The van der Waals surface area contributed by atoms with Crippen molar-refractivity contribution in [2.45, 2.75) is 78.4 Å². The van der Waals surface area contributed by atoms with Crippen LogP contribution in [-0.2, 0) is 19.1 Å². The molecular weight excluding hydrogens is 292 g/mol. The van der Waals surface area contributed by atoms with E-state index >= 15 is 0 Å². The molecule has 0 heterocycles. The first-order valence-corrected chi connectivity index (χ1v) is 8.94. The molecule has 23 heavy (non-hydrogen) atoms. The van der Waals surface area contributed by atoms with Crippen LogP contribution in [0.2, 0.25) is 0 Å². The highest BCUT2D eigenvalue weighted by Gasteiger charge is 2.33. The van der Waals surface area contributed by atoms with Gasteiger partial charge in [0.2, 0.25) is 0 Å². The number of rotatable bonds is 8. The van der Waals surface area contributed by atoms with Gasteiger partial charge in [-0.15, -0.1) is 0 Å². The van der Waals surface area contributed by atoms with Gasteiger partial charge < -0.3 is 9.47 Å². The first kappa shape index (κ1) is 19.7. The highest BCUT2D eigenvalue weighted by atomic mass is 16.6. The van der Waals surface area contributed by atoms with E-state index in [1.165, 1.54) is 6.08 Å². The fourth-order valence-electron chi connectivity index (χ4n) is 3.14. The van der Waals surface area contributed by atoms with Crippen molar-refractivity contribution in [2.24, 2.45) is 17.8 Å². The molecule has 0 amide bonds. The highest BCUT2D eigenvalue weighted by molar-refractivity contribution is 5.81. The normalized spacial score (nSPS) is 26.9. The van der Waals surface area contributed by atoms with E-state index in [2.05, 4.69) is 27.4 Å². The van der Waals surface area contributed by atoms with Crippen molar-refractivity contribution in [3.05, 3.63) is 12.7 Å². The van der Waals surface area contributed by atoms with Gasteiger partial charge in [0.25, 0.3) is 0 Å². The van der Waals surface area contributed by atoms with E-state index in [0.29, 0.717) is 5.92 Å². The molecule has 4 nitrogen and oxygen atoms in total. The van der Waals surface area contributed by atoms with Gasteiger partial charge in [0.1, 0.15) is 12.2 Å². The maximum atomic E-state index is 12.4. The lowest BCUT2D eigenvalue weighted by molar-refractivity contribution is -0.164. The number of esters is 2. The van der Waals surface area contributed by atoms with Crippen molar-refractivity contribution >= 4 is 11.9 Å². The smallest absolute Gasteiger partial charge is 0.330 e. The molecule has 1 saturated carbocycles. The van der Waals surface area contributed by atoms with E-state index in [9.17, 15) is 9.59 Å². The average molecular weight is 324 g/mol. The summed E-state index contributed by atoms with van der Waals surface area (Å²) in [5.41, 5.74) is 0. The van der Waals surface area contributed by atoms with Gasteiger partial charge in [-0.25, -0.2) is 4.79 Å². The van der Waals surface area contributed by atoms with Crippen LogP contribution in [-0.4, -0.2) is 24.1 Å². The van der Waals surface area contributed by atoms with Gasteiger partial charge >= 0.3 is 11.9 Å². The number of hydrogen-bond acceptors (Lipinski definition) is 4. The SMILES string of the molecule is C=CC(=O)OC1CCC(OC(=O)C(CC)CC(C)CC)C(C)C1. The molecule has 132 valence electrons. The van der Waals surface area contributed by atoms with Gasteiger partial charge in [-0.2, -0.15) is 0 Å².